The third-order valence-electron chi connectivity index (χ3n) is 4.79. The Labute approximate surface area is 207 Å². The maximum atomic E-state index is 13.7. The van der Waals surface area contributed by atoms with E-state index in [1.54, 1.807) is 48.5 Å². The summed E-state index contributed by atoms with van der Waals surface area (Å²) in [6.07, 6.45) is 0. The number of nitrogens with zero attached hydrogens (tertiary/aromatic N) is 1. The second-order valence-corrected chi connectivity index (χ2v) is 9.79. The van der Waals surface area contributed by atoms with E-state index in [4.69, 9.17) is 14.2 Å². The molecule has 0 fully saturated rings. The highest BCUT2D eigenvalue weighted by Crippen LogP contribution is 2.32. The number of halogens is 1. The second kappa shape index (κ2) is 11.3. The van der Waals surface area contributed by atoms with E-state index in [0.717, 1.165) is 8.78 Å². The third kappa shape index (κ3) is 6.00. The van der Waals surface area contributed by atoms with Gasteiger partial charge in [-0.05, 0) is 67.6 Å². The van der Waals surface area contributed by atoms with E-state index in [2.05, 4.69) is 21.2 Å². The Bertz CT molecular complexity index is 1230. The Morgan fingerprint density at radius 1 is 0.941 bits per heavy atom. The summed E-state index contributed by atoms with van der Waals surface area (Å²) in [5.74, 6) is 0.742. The number of carbonyl (C=O) groups excluding carboxylic acids is 1. The van der Waals surface area contributed by atoms with Gasteiger partial charge in [0.2, 0.25) is 5.91 Å². The minimum absolute atomic E-state index is 0.0459. The van der Waals surface area contributed by atoms with Gasteiger partial charge in [0.15, 0.2) is 11.5 Å². The summed E-state index contributed by atoms with van der Waals surface area (Å²) in [7, 11) is -1.26. The van der Waals surface area contributed by atoms with Crippen molar-refractivity contribution in [3.63, 3.8) is 0 Å². The molecule has 0 aromatic heterocycles. The summed E-state index contributed by atoms with van der Waals surface area (Å²) in [6.45, 7) is 1.89. The van der Waals surface area contributed by atoms with Crippen LogP contribution in [0.4, 0.5) is 11.4 Å². The number of methoxy groups -OCH3 is 2. The van der Waals surface area contributed by atoms with Crippen LogP contribution in [0.1, 0.15) is 6.92 Å². The molecule has 1 N–H and O–H groups in total. The molecule has 0 saturated heterocycles. The van der Waals surface area contributed by atoms with Gasteiger partial charge >= 0.3 is 0 Å². The fourth-order valence-electron chi connectivity index (χ4n) is 3.16. The largest absolute Gasteiger partial charge is 0.494 e. The van der Waals surface area contributed by atoms with E-state index in [1.807, 2.05) is 6.92 Å². The van der Waals surface area contributed by atoms with Crippen LogP contribution in [0.15, 0.2) is 76.1 Å². The molecule has 0 aliphatic rings. The summed E-state index contributed by atoms with van der Waals surface area (Å²) in [5.41, 5.74) is 0.854. The van der Waals surface area contributed by atoms with E-state index in [-0.39, 0.29) is 10.6 Å². The van der Waals surface area contributed by atoms with Gasteiger partial charge in [0.05, 0.1) is 31.4 Å². The molecule has 0 unspecified atom stereocenters. The van der Waals surface area contributed by atoms with Crippen molar-refractivity contribution in [2.24, 2.45) is 0 Å². The molecule has 0 saturated carbocycles. The van der Waals surface area contributed by atoms with Crippen molar-refractivity contribution in [1.82, 2.24) is 0 Å². The first-order valence-electron chi connectivity index (χ1n) is 10.3. The van der Waals surface area contributed by atoms with Gasteiger partial charge in [-0.25, -0.2) is 8.42 Å². The molecule has 3 aromatic carbocycles. The molecule has 1 amide bonds. The van der Waals surface area contributed by atoms with Gasteiger partial charge in [0.25, 0.3) is 10.0 Å². The normalized spacial score (nSPS) is 10.9. The van der Waals surface area contributed by atoms with E-state index in [0.29, 0.717) is 29.5 Å². The summed E-state index contributed by atoms with van der Waals surface area (Å²) < 4.78 is 45.1. The number of hydrogen-bond donors (Lipinski definition) is 1. The fourth-order valence-corrected chi connectivity index (χ4v) is 4.86. The van der Waals surface area contributed by atoms with E-state index >= 15 is 0 Å². The van der Waals surface area contributed by atoms with Crippen molar-refractivity contribution >= 4 is 43.2 Å². The van der Waals surface area contributed by atoms with Crippen LogP contribution in [0.5, 0.6) is 17.2 Å². The minimum atomic E-state index is -4.14. The average Bonchev–Trinajstić information content (AvgIpc) is 2.84. The lowest BCUT2D eigenvalue weighted by atomic mass is 10.3. The van der Waals surface area contributed by atoms with Gasteiger partial charge in [-0.3, -0.25) is 9.10 Å². The van der Waals surface area contributed by atoms with Crippen LogP contribution >= 0.6 is 15.9 Å². The minimum Gasteiger partial charge on any atom is -0.494 e. The molecule has 8 nitrogen and oxygen atoms in total. The fraction of sp³-hybridized carbons (Fsp3) is 0.208. The number of ether oxygens (including phenoxy) is 3. The molecule has 0 aliphatic carbocycles. The van der Waals surface area contributed by atoms with Crippen LogP contribution in [-0.4, -0.2) is 41.7 Å². The number of anilines is 2. The molecular weight excluding hydrogens is 524 g/mol. The average molecular weight is 549 g/mol. The van der Waals surface area contributed by atoms with Crippen LogP contribution in [0.25, 0.3) is 0 Å². The van der Waals surface area contributed by atoms with E-state index < -0.39 is 22.5 Å². The Kier molecular flexibility index (Phi) is 8.41. The maximum absolute atomic E-state index is 13.7. The van der Waals surface area contributed by atoms with E-state index in [9.17, 15) is 13.2 Å². The first kappa shape index (κ1) is 25.4. The molecule has 0 atom stereocenters. The zero-order valence-corrected chi connectivity index (χ0v) is 21.4. The molecule has 0 aliphatic heterocycles. The zero-order chi connectivity index (χ0) is 24.7. The van der Waals surface area contributed by atoms with Gasteiger partial charge in [0.1, 0.15) is 12.3 Å². The number of hydrogen-bond acceptors (Lipinski definition) is 6. The van der Waals surface area contributed by atoms with Gasteiger partial charge in [-0.15, -0.1) is 0 Å². The van der Waals surface area contributed by atoms with Crippen molar-refractivity contribution in [3.05, 3.63) is 71.2 Å². The smallest absolute Gasteiger partial charge is 0.264 e. The predicted molar refractivity (Wildman–Crippen MR) is 134 cm³/mol. The quantitative estimate of drug-likeness (QED) is 0.394. The SMILES string of the molecule is CCOc1ccc(N(CC(=O)Nc2ccc(Br)cc2)S(=O)(=O)c2ccc(OC)c(OC)c2)cc1. The lowest BCUT2D eigenvalue weighted by molar-refractivity contribution is -0.114. The lowest BCUT2D eigenvalue weighted by Gasteiger charge is -2.24. The summed E-state index contributed by atoms with van der Waals surface area (Å²) in [5, 5.41) is 2.73. The molecule has 0 spiro atoms. The standard InChI is InChI=1S/C24H25BrN2O6S/c1-4-33-20-11-9-19(10-12-20)27(16-24(28)26-18-7-5-17(25)6-8-18)34(29,30)21-13-14-22(31-2)23(15-21)32-3/h5-15H,4,16H2,1-3H3,(H,26,28). The van der Waals surface area contributed by atoms with Crippen LogP contribution in [0.3, 0.4) is 0 Å². The van der Waals surface area contributed by atoms with Crippen molar-refractivity contribution in [2.75, 3.05) is 37.0 Å². The van der Waals surface area contributed by atoms with Crippen LogP contribution in [0.2, 0.25) is 0 Å². The molecule has 0 heterocycles. The van der Waals surface area contributed by atoms with Crippen molar-refractivity contribution < 1.29 is 27.4 Å². The molecule has 180 valence electrons. The maximum Gasteiger partial charge on any atom is 0.264 e. The molecule has 3 aromatic rings. The number of carbonyl (C=O) groups is 1. The Balaban J connectivity index is 1.98. The van der Waals surface area contributed by atoms with Gasteiger partial charge < -0.3 is 19.5 Å². The molecule has 10 heteroatoms. The molecule has 34 heavy (non-hydrogen) atoms. The monoisotopic (exact) mass is 548 g/mol. The highest BCUT2D eigenvalue weighted by atomic mass is 79.9. The highest BCUT2D eigenvalue weighted by molar-refractivity contribution is 9.10. The molecular formula is C24H25BrN2O6S. The van der Waals surface area contributed by atoms with Gasteiger partial charge in [0, 0.05) is 16.2 Å². The number of sulfonamides is 1. The Morgan fingerprint density at radius 3 is 2.18 bits per heavy atom. The first-order valence-corrected chi connectivity index (χ1v) is 12.5. The number of benzene rings is 3. The lowest BCUT2D eigenvalue weighted by Crippen LogP contribution is -2.38. The molecule has 0 bridgehead atoms. The summed E-state index contributed by atoms with van der Waals surface area (Å²) >= 11 is 3.34. The van der Waals surface area contributed by atoms with Crippen molar-refractivity contribution in [2.45, 2.75) is 11.8 Å². The third-order valence-corrected chi connectivity index (χ3v) is 7.09. The highest BCUT2D eigenvalue weighted by Gasteiger charge is 2.28. The van der Waals surface area contributed by atoms with Crippen LogP contribution < -0.4 is 23.8 Å². The topological polar surface area (TPSA) is 94.2 Å². The zero-order valence-electron chi connectivity index (χ0n) is 18.9. The van der Waals surface area contributed by atoms with Crippen LogP contribution in [0, 0.1) is 0 Å². The predicted octanol–water partition coefficient (Wildman–Crippen LogP) is 4.70. The Hall–Kier alpha value is -3.24. The number of nitrogens with one attached hydrogen (secondary N) is 1. The summed E-state index contributed by atoms with van der Waals surface area (Å²) in [4.78, 5) is 12.8. The first-order chi connectivity index (χ1) is 16.3. The van der Waals surface area contributed by atoms with Gasteiger partial charge in [-0.1, -0.05) is 15.9 Å². The van der Waals surface area contributed by atoms with Crippen molar-refractivity contribution in [1.29, 1.82) is 0 Å². The number of amides is 1. The Morgan fingerprint density at radius 2 is 1.59 bits per heavy atom. The van der Waals surface area contributed by atoms with Crippen molar-refractivity contribution in [3.8, 4) is 17.2 Å². The summed E-state index contributed by atoms with van der Waals surface area (Å²) in [6, 6.07) is 17.8. The van der Waals surface area contributed by atoms with Crippen LogP contribution in [-0.2, 0) is 14.8 Å². The number of rotatable bonds is 10. The second-order valence-electron chi connectivity index (χ2n) is 7.01. The molecule has 3 rings (SSSR count). The van der Waals surface area contributed by atoms with E-state index in [1.165, 1.54) is 32.4 Å². The molecule has 0 radical (unpaired) electrons. The van der Waals surface area contributed by atoms with Gasteiger partial charge in [-0.2, -0.15) is 0 Å².